The number of hydrogen-bond acceptors (Lipinski definition) is 3. The van der Waals surface area contributed by atoms with Crippen LogP contribution in [-0.4, -0.2) is 30.9 Å². The molecular formula is C28H37N3O2. The van der Waals surface area contributed by atoms with Crippen LogP contribution in [0.3, 0.4) is 0 Å². The lowest BCUT2D eigenvalue weighted by atomic mass is 9.95. The molecule has 0 spiro atoms. The van der Waals surface area contributed by atoms with Crippen LogP contribution in [0, 0.1) is 5.92 Å². The molecule has 1 saturated carbocycles. The summed E-state index contributed by atoms with van der Waals surface area (Å²) >= 11 is 0. The Morgan fingerprint density at radius 1 is 0.909 bits per heavy atom. The maximum absolute atomic E-state index is 13.4. The Hall–Kier alpha value is -2.82. The van der Waals surface area contributed by atoms with E-state index in [0.29, 0.717) is 16.8 Å². The lowest BCUT2D eigenvalue weighted by molar-refractivity contribution is 0.0927. The Bertz CT molecular complexity index is 956. The Morgan fingerprint density at radius 2 is 1.61 bits per heavy atom. The predicted octanol–water partition coefficient (Wildman–Crippen LogP) is 5.80. The van der Waals surface area contributed by atoms with Gasteiger partial charge in [-0.15, -0.1) is 0 Å². The number of carbonyl (C=O) groups excluding carboxylic acids is 2. The number of piperidine rings is 1. The van der Waals surface area contributed by atoms with Crippen LogP contribution in [0.1, 0.15) is 85.1 Å². The van der Waals surface area contributed by atoms with E-state index in [9.17, 15) is 9.59 Å². The maximum atomic E-state index is 13.4. The molecule has 2 aromatic rings. The number of aryl methyl sites for hydroxylation is 1. The van der Waals surface area contributed by atoms with Gasteiger partial charge >= 0.3 is 0 Å². The number of benzene rings is 2. The SMILES string of the molecule is CCc1ccc(C(=O)Nc2ccc(N3CCC(C)CC3)c(C(=O)NC3CCCCC3)c2)cc1. The molecular weight excluding hydrogens is 410 g/mol. The molecule has 5 nitrogen and oxygen atoms in total. The second-order valence-electron chi connectivity index (χ2n) is 9.71. The fourth-order valence-electron chi connectivity index (χ4n) is 4.93. The number of hydrogen-bond donors (Lipinski definition) is 2. The van der Waals surface area contributed by atoms with Gasteiger partial charge in [-0.25, -0.2) is 0 Å². The summed E-state index contributed by atoms with van der Waals surface area (Å²) in [7, 11) is 0. The van der Waals surface area contributed by atoms with Gasteiger partial charge in [-0.3, -0.25) is 9.59 Å². The van der Waals surface area contributed by atoms with Gasteiger partial charge in [0.05, 0.1) is 5.56 Å². The van der Waals surface area contributed by atoms with Crippen molar-refractivity contribution in [1.29, 1.82) is 0 Å². The van der Waals surface area contributed by atoms with E-state index in [4.69, 9.17) is 0 Å². The van der Waals surface area contributed by atoms with Crippen molar-refractivity contribution in [2.75, 3.05) is 23.3 Å². The van der Waals surface area contributed by atoms with Crippen molar-refractivity contribution in [2.24, 2.45) is 5.92 Å². The zero-order valence-corrected chi connectivity index (χ0v) is 20.0. The first kappa shape index (κ1) is 23.3. The van der Waals surface area contributed by atoms with Gasteiger partial charge in [0.15, 0.2) is 0 Å². The quantitative estimate of drug-likeness (QED) is 0.588. The van der Waals surface area contributed by atoms with E-state index in [0.717, 1.165) is 56.8 Å². The summed E-state index contributed by atoms with van der Waals surface area (Å²) in [6.45, 7) is 6.31. The van der Waals surface area contributed by atoms with E-state index in [1.54, 1.807) is 0 Å². The van der Waals surface area contributed by atoms with Crippen molar-refractivity contribution in [1.82, 2.24) is 5.32 Å². The van der Waals surface area contributed by atoms with Gasteiger partial charge in [0.2, 0.25) is 0 Å². The topological polar surface area (TPSA) is 61.4 Å². The molecule has 0 aromatic heterocycles. The van der Waals surface area contributed by atoms with Crippen LogP contribution in [-0.2, 0) is 6.42 Å². The van der Waals surface area contributed by atoms with Crippen LogP contribution < -0.4 is 15.5 Å². The van der Waals surface area contributed by atoms with E-state index in [1.165, 1.54) is 24.8 Å². The van der Waals surface area contributed by atoms with Crippen molar-refractivity contribution in [3.8, 4) is 0 Å². The second kappa shape index (κ2) is 10.9. The Labute approximate surface area is 197 Å². The van der Waals surface area contributed by atoms with Crippen LogP contribution in [0.25, 0.3) is 0 Å². The third-order valence-corrected chi connectivity index (χ3v) is 7.19. The number of rotatable bonds is 6. The highest BCUT2D eigenvalue weighted by molar-refractivity contribution is 6.06. The monoisotopic (exact) mass is 447 g/mol. The number of carbonyl (C=O) groups is 2. The fourth-order valence-corrected chi connectivity index (χ4v) is 4.93. The Balaban J connectivity index is 1.55. The predicted molar refractivity (Wildman–Crippen MR) is 135 cm³/mol. The third-order valence-electron chi connectivity index (χ3n) is 7.19. The molecule has 2 amide bonds. The van der Waals surface area contributed by atoms with E-state index >= 15 is 0 Å². The van der Waals surface area contributed by atoms with Crippen LogP contribution in [0.15, 0.2) is 42.5 Å². The summed E-state index contributed by atoms with van der Waals surface area (Å²) < 4.78 is 0. The zero-order chi connectivity index (χ0) is 23.2. The summed E-state index contributed by atoms with van der Waals surface area (Å²) in [6, 6.07) is 13.7. The van der Waals surface area contributed by atoms with Crippen molar-refractivity contribution in [3.05, 3.63) is 59.2 Å². The molecule has 176 valence electrons. The molecule has 4 rings (SSSR count). The molecule has 0 bridgehead atoms. The Kier molecular flexibility index (Phi) is 7.69. The largest absolute Gasteiger partial charge is 0.371 e. The smallest absolute Gasteiger partial charge is 0.255 e. The van der Waals surface area contributed by atoms with E-state index in [2.05, 4.69) is 29.4 Å². The first-order valence-corrected chi connectivity index (χ1v) is 12.6. The molecule has 1 aliphatic carbocycles. The minimum Gasteiger partial charge on any atom is -0.371 e. The van der Waals surface area contributed by atoms with Gasteiger partial charge in [-0.2, -0.15) is 0 Å². The van der Waals surface area contributed by atoms with Gasteiger partial charge < -0.3 is 15.5 Å². The molecule has 2 aliphatic rings. The van der Waals surface area contributed by atoms with E-state index < -0.39 is 0 Å². The van der Waals surface area contributed by atoms with Crippen LogP contribution >= 0.6 is 0 Å². The number of nitrogens with one attached hydrogen (secondary N) is 2. The maximum Gasteiger partial charge on any atom is 0.255 e. The standard InChI is InChI=1S/C28H37N3O2/c1-3-21-9-11-22(12-10-21)27(32)30-24-13-14-26(31-17-15-20(2)16-18-31)25(19-24)28(33)29-23-7-5-4-6-8-23/h9-14,19-20,23H,3-8,15-18H2,1-2H3,(H,29,33)(H,30,32). The molecule has 1 saturated heterocycles. The van der Waals surface area contributed by atoms with Gasteiger partial charge in [-0.05, 0) is 73.9 Å². The van der Waals surface area contributed by atoms with Gasteiger partial charge in [-0.1, -0.05) is 45.2 Å². The van der Waals surface area contributed by atoms with Gasteiger partial charge in [0.1, 0.15) is 0 Å². The molecule has 0 atom stereocenters. The lowest BCUT2D eigenvalue weighted by Crippen LogP contribution is -2.38. The first-order chi connectivity index (χ1) is 16.0. The second-order valence-corrected chi connectivity index (χ2v) is 9.71. The lowest BCUT2D eigenvalue weighted by Gasteiger charge is -2.34. The highest BCUT2D eigenvalue weighted by Gasteiger charge is 2.24. The highest BCUT2D eigenvalue weighted by Crippen LogP contribution is 2.29. The van der Waals surface area contributed by atoms with Crippen molar-refractivity contribution in [3.63, 3.8) is 0 Å². The van der Waals surface area contributed by atoms with Crippen molar-refractivity contribution < 1.29 is 9.59 Å². The number of nitrogens with zero attached hydrogens (tertiary/aromatic N) is 1. The summed E-state index contributed by atoms with van der Waals surface area (Å²) in [5, 5.41) is 6.26. The molecule has 1 heterocycles. The minimum atomic E-state index is -0.157. The molecule has 5 heteroatoms. The van der Waals surface area contributed by atoms with Crippen molar-refractivity contribution >= 4 is 23.2 Å². The first-order valence-electron chi connectivity index (χ1n) is 12.6. The average molecular weight is 448 g/mol. The number of anilines is 2. The zero-order valence-electron chi connectivity index (χ0n) is 20.0. The van der Waals surface area contributed by atoms with Gasteiger partial charge in [0.25, 0.3) is 11.8 Å². The van der Waals surface area contributed by atoms with E-state index in [-0.39, 0.29) is 17.9 Å². The normalized spacial score (nSPS) is 17.6. The summed E-state index contributed by atoms with van der Waals surface area (Å²) in [5.74, 6) is 0.535. The molecule has 33 heavy (non-hydrogen) atoms. The third kappa shape index (κ3) is 5.95. The summed E-state index contributed by atoms with van der Waals surface area (Å²) in [4.78, 5) is 28.5. The van der Waals surface area contributed by atoms with Gasteiger partial charge in [0, 0.05) is 36.1 Å². The molecule has 2 fully saturated rings. The molecule has 0 unspecified atom stereocenters. The van der Waals surface area contributed by atoms with Crippen molar-refractivity contribution in [2.45, 2.75) is 71.3 Å². The Morgan fingerprint density at radius 3 is 2.27 bits per heavy atom. The fraction of sp³-hybridized carbons (Fsp3) is 0.500. The average Bonchev–Trinajstić information content (AvgIpc) is 2.85. The van der Waals surface area contributed by atoms with E-state index in [1.807, 2.05) is 42.5 Å². The molecule has 0 radical (unpaired) electrons. The summed E-state index contributed by atoms with van der Waals surface area (Å²) in [5.41, 5.74) is 4.11. The molecule has 2 aromatic carbocycles. The van der Waals surface area contributed by atoms with Crippen LogP contribution in [0.2, 0.25) is 0 Å². The molecule has 2 N–H and O–H groups in total. The van der Waals surface area contributed by atoms with Crippen LogP contribution in [0.5, 0.6) is 0 Å². The number of amides is 2. The highest BCUT2D eigenvalue weighted by atomic mass is 16.2. The molecule has 1 aliphatic heterocycles. The minimum absolute atomic E-state index is 0.0288. The summed E-state index contributed by atoms with van der Waals surface area (Å²) in [6.07, 6.45) is 8.91. The van der Waals surface area contributed by atoms with Crippen LogP contribution in [0.4, 0.5) is 11.4 Å².